The van der Waals surface area contributed by atoms with Gasteiger partial charge >= 0.3 is 7.12 Å². The number of nitrogens with zero attached hydrogens (tertiary/aromatic N) is 1. The zero-order valence-electron chi connectivity index (χ0n) is 11.9. The molecule has 1 aromatic rings. The van der Waals surface area contributed by atoms with Crippen LogP contribution in [-0.2, 0) is 15.7 Å². The third kappa shape index (κ3) is 2.58. The molecule has 2 heterocycles. The lowest BCUT2D eigenvalue weighted by Gasteiger charge is -2.32. The van der Waals surface area contributed by atoms with Gasteiger partial charge in [-0.15, -0.1) is 6.58 Å². The maximum Gasteiger partial charge on any atom is 0.499 e. The molecule has 1 fully saturated rings. The van der Waals surface area contributed by atoms with Crippen molar-refractivity contribution in [2.75, 3.05) is 0 Å². The van der Waals surface area contributed by atoms with Crippen LogP contribution in [0.25, 0.3) is 0 Å². The van der Waals surface area contributed by atoms with Gasteiger partial charge in [-0.05, 0) is 33.8 Å². The summed E-state index contributed by atoms with van der Waals surface area (Å²) < 4.78 is 25.6. The van der Waals surface area contributed by atoms with E-state index in [4.69, 9.17) is 9.31 Å². The van der Waals surface area contributed by atoms with Gasteiger partial charge in [0.1, 0.15) is 0 Å². The molecule has 0 bridgehead atoms. The highest BCUT2D eigenvalue weighted by Gasteiger charge is 2.52. The minimum Gasteiger partial charge on any atom is -0.399 e. The highest BCUT2D eigenvalue weighted by Crippen LogP contribution is 2.36. The number of aromatic nitrogens is 1. The van der Waals surface area contributed by atoms with Crippen LogP contribution in [0.1, 0.15) is 33.4 Å². The first-order valence-electron chi connectivity index (χ1n) is 6.39. The smallest absolute Gasteiger partial charge is 0.399 e. The van der Waals surface area contributed by atoms with Gasteiger partial charge in [0.05, 0.1) is 11.2 Å². The standard InChI is InChI=1S/C14H19BFNO2/c1-6-7-10-8-9-11(12(16)17-10)15-18-13(2,3)14(4,5)19-15/h6,8-9H,1,7H2,2-5H3. The Morgan fingerprint density at radius 3 is 2.32 bits per heavy atom. The van der Waals surface area contributed by atoms with Gasteiger partial charge in [0.25, 0.3) is 0 Å². The highest BCUT2D eigenvalue weighted by atomic mass is 19.1. The van der Waals surface area contributed by atoms with Crippen LogP contribution in [0.5, 0.6) is 0 Å². The summed E-state index contributed by atoms with van der Waals surface area (Å²) in [5, 5.41) is 0. The molecule has 1 aliphatic rings. The van der Waals surface area contributed by atoms with Crippen molar-refractivity contribution in [3.05, 3.63) is 36.4 Å². The molecule has 0 amide bonds. The molecule has 0 aliphatic carbocycles. The lowest BCUT2D eigenvalue weighted by Crippen LogP contribution is -2.41. The number of rotatable bonds is 3. The van der Waals surface area contributed by atoms with Gasteiger partial charge < -0.3 is 9.31 Å². The van der Waals surface area contributed by atoms with Gasteiger partial charge in [0.2, 0.25) is 5.95 Å². The third-order valence-electron chi connectivity index (χ3n) is 3.80. The molecule has 1 aliphatic heterocycles. The summed E-state index contributed by atoms with van der Waals surface area (Å²) in [6.07, 6.45) is 2.23. The SMILES string of the molecule is C=CCc1ccc(B2OC(C)(C)C(C)(C)O2)c(F)n1. The van der Waals surface area contributed by atoms with Crippen molar-refractivity contribution < 1.29 is 13.7 Å². The summed E-state index contributed by atoms with van der Waals surface area (Å²) >= 11 is 0. The first-order valence-corrected chi connectivity index (χ1v) is 6.39. The normalized spacial score (nSPS) is 20.6. The second kappa shape index (κ2) is 4.73. The van der Waals surface area contributed by atoms with E-state index in [1.54, 1.807) is 18.2 Å². The second-order valence-corrected chi connectivity index (χ2v) is 5.76. The van der Waals surface area contributed by atoms with Crippen molar-refractivity contribution in [2.45, 2.75) is 45.3 Å². The van der Waals surface area contributed by atoms with Gasteiger partial charge in [-0.25, -0.2) is 4.98 Å². The molecule has 0 unspecified atom stereocenters. The number of pyridine rings is 1. The van der Waals surface area contributed by atoms with E-state index in [2.05, 4.69) is 11.6 Å². The quantitative estimate of drug-likeness (QED) is 0.476. The Bertz CT molecular complexity index is 486. The Morgan fingerprint density at radius 2 is 1.84 bits per heavy atom. The summed E-state index contributed by atoms with van der Waals surface area (Å²) in [7, 11) is -0.713. The van der Waals surface area contributed by atoms with E-state index in [1.165, 1.54) is 0 Å². The van der Waals surface area contributed by atoms with E-state index in [0.717, 1.165) is 0 Å². The van der Waals surface area contributed by atoms with Crippen LogP contribution in [0.3, 0.4) is 0 Å². The molecule has 1 aromatic heterocycles. The van der Waals surface area contributed by atoms with E-state index in [-0.39, 0.29) is 0 Å². The summed E-state index contributed by atoms with van der Waals surface area (Å²) in [6, 6.07) is 3.44. The number of allylic oxidation sites excluding steroid dienone is 1. The molecule has 1 saturated heterocycles. The molecule has 0 spiro atoms. The van der Waals surface area contributed by atoms with Crippen molar-refractivity contribution in [1.82, 2.24) is 4.98 Å². The van der Waals surface area contributed by atoms with E-state index in [0.29, 0.717) is 17.6 Å². The zero-order chi connectivity index (χ0) is 14.3. The Hall–Kier alpha value is -1.20. The van der Waals surface area contributed by atoms with Crippen LogP contribution in [0, 0.1) is 5.95 Å². The van der Waals surface area contributed by atoms with Gasteiger partial charge in [0.15, 0.2) is 0 Å². The fourth-order valence-electron chi connectivity index (χ4n) is 1.89. The topological polar surface area (TPSA) is 31.4 Å². The van der Waals surface area contributed by atoms with Crippen LogP contribution < -0.4 is 5.46 Å². The molecular weight excluding hydrogens is 244 g/mol. The average Bonchev–Trinajstić information content (AvgIpc) is 2.48. The van der Waals surface area contributed by atoms with Crippen molar-refractivity contribution in [3.8, 4) is 0 Å². The van der Waals surface area contributed by atoms with E-state index in [1.807, 2.05) is 27.7 Å². The number of halogens is 1. The van der Waals surface area contributed by atoms with Crippen LogP contribution >= 0.6 is 0 Å². The van der Waals surface area contributed by atoms with Gasteiger partial charge in [-0.1, -0.05) is 12.1 Å². The van der Waals surface area contributed by atoms with Crippen LogP contribution in [-0.4, -0.2) is 23.3 Å². The van der Waals surface area contributed by atoms with Gasteiger partial charge in [-0.3, -0.25) is 0 Å². The molecule has 0 atom stereocenters. The zero-order valence-corrected chi connectivity index (χ0v) is 11.9. The van der Waals surface area contributed by atoms with Gasteiger partial charge in [-0.2, -0.15) is 4.39 Å². The average molecular weight is 263 g/mol. The molecule has 19 heavy (non-hydrogen) atoms. The van der Waals surface area contributed by atoms with Crippen molar-refractivity contribution in [1.29, 1.82) is 0 Å². The Labute approximate surface area is 114 Å². The minimum absolute atomic E-state index is 0.339. The van der Waals surface area contributed by atoms with E-state index < -0.39 is 24.3 Å². The summed E-state index contributed by atoms with van der Waals surface area (Å²) in [5.74, 6) is -0.544. The van der Waals surface area contributed by atoms with Crippen LogP contribution in [0.4, 0.5) is 4.39 Å². The van der Waals surface area contributed by atoms with E-state index >= 15 is 0 Å². The maximum atomic E-state index is 14.0. The molecule has 102 valence electrons. The summed E-state index contributed by atoms with van der Waals surface area (Å²) in [5.41, 5.74) is 0.0209. The molecule has 2 rings (SSSR count). The summed E-state index contributed by atoms with van der Waals surface area (Å²) in [4.78, 5) is 3.91. The Morgan fingerprint density at radius 1 is 1.26 bits per heavy atom. The molecule has 3 nitrogen and oxygen atoms in total. The maximum absolute atomic E-state index is 14.0. The minimum atomic E-state index is -0.713. The first-order chi connectivity index (χ1) is 8.77. The molecule has 5 heteroatoms. The van der Waals surface area contributed by atoms with E-state index in [9.17, 15) is 4.39 Å². The lowest BCUT2D eigenvalue weighted by atomic mass is 9.80. The van der Waals surface area contributed by atoms with Crippen molar-refractivity contribution in [2.24, 2.45) is 0 Å². The predicted molar refractivity (Wildman–Crippen MR) is 73.8 cm³/mol. The van der Waals surface area contributed by atoms with Gasteiger partial charge in [0, 0.05) is 17.6 Å². The second-order valence-electron chi connectivity index (χ2n) is 5.76. The van der Waals surface area contributed by atoms with Crippen LogP contribution in [0.2, 0.25) is 0 Å². The Balaban J connectivity index is 2.27. The molecular formula is C14H19BFNO2. The third-order valence-corrected chi connectivity index (χ3v) is 3.80. The highest BCUT2D eigenvalue weighted by molar-refractivity contribution is 6.62. The summed E-state index contributed by atoms with van der Waals surface area (Å²) in [6.45, 7) is 11.4. The monoisotopic (exact) mass is 263 g/mol. The number of hydrogen-bond acceptors (Lipinski definition) is 3. The van der Waals surface area contributed by atoms with Crippen molar-refractivity contribution in [3.63, 3.8) is 0 Å². The van der Waals surface area contributed by atoms with Crippen LogP contribution in [0.15, 0.2) is 24.8 Å². The fourth-order valence-corrected chi connectivity index (χ4v) is 1.89. The lowest BCUT2D eigenvalue weighted by molar-refractivity contribution is 0.00578. The largest absolute Gasteiger partial charge is 0.499 e. The molecule has 0 N–H and O–H groups in total. The number of hydrogen-bond donors (Lipinski definition) is 0. The predicted octanol–water partition coefficient (Wildman–Crippen LogP) is 2.25. The molecule has 0 radical (unpaired) electrons. The Kier molecular flexibility index (Phi) is 3.54. The fraction of sp³-hybridized carbons (Fsp3) is 0.500. The molecule has 0 saturated carbocycles. The first kappa shape index (κ1) is 14.2. The van der Waals surface area contributed by atoms with Crippen molar-refractivity contribution >= 4 is 12.6 Å². The molecule has 0 aromatic carbocycles.